The molecule has 0 bridgehead atoms. The monoisotopic (exact) mass is 409 g/mol. The number of aromatic nitrogens is 3. The highest BCUT2D eigenvalue weighted by Gasteiger charge is 2.30. The summed E-state index contributed by atoms with van der Waals surface area (Å²) in [5.41, 5.74) is 8.12. The number of nitrogens with two attached hydrogens (primary N) is 1. The van der Waals surface area contributed by atoms with Crippen LogP contribution in [0, 0.1) is 5.41 Å². The van der Waals surface area contributed by atoms with E-state index in [1.165, 1.54) is 19.3 Å². The minimum Gasteiger partial charge on any atom is -0.382 e. The number of piperidine rings is 1. The molecule has 1 aromatic carbocycles. The van der Waals surface area contributed by atoms with Crippen molar-refractivity contribution in [1.29, 1.82) is 0 Å². The Hall–Kier alpha value is -1.50. The van der Waals surface area contributed by atoms with Crippen LogP contribution in [0.3, 0.4) is 0 Å². The van der Waals surface area contributed by atoms with Gasteiger partial charge in [-0.1, -0.05) is 66.9 Å². The number of hydrogen-bond acceptors (Lipinski definition) is 5. The highest BCUT2D eigenvalue weighted by atomic mass is 35.5. The second kappa shape index (κ2) is 6.59. The number of imidazole rings is 1. The molecule has 1 fully saturated rings. The van der Waals surface area contributed by atoms with Crippen LogP contribution in [0.4, 0.5) is 10.9 Å². The maximum absolute atomic E-state index is 6.33. The van der Waals surface area contributed by atoms with Crippen LogP contribution in [0.15, 0.2) is 18.2 Å². The average molecular weight is 410 g/mol. The Bertz CT molecular complexity index is 956. The van der Waals surface area contributed by atoms with Crippen molar-refractivity contribution in [3.63, 3.8) is 0 Å². The maximum atomic E-state index is 6.33. The smallest absolute Gasteiger partial charge is 0.216 e. The Morgan fingerprint density at radius 2 is 2.00 bits per heavy atom. The van der Waals surface area contributed by atoms with E-state index in [1.807, 2.05) is 12.1 Å². The van der Waals surface area contributed by atoms with Gasteiger partial charge in [0.15, 0.2) is 5.82 Å². The number of nitrogens with zero attached hydrogens (tertiary/aromatic N) is 4. The predicted octanol–water partition coefficient (Wildman–Crippen LogP) is 5.36. The fourth-order valence-electron chi connectivity index (χ4n) is 3.36. The van der Waals surface area contributed by atoms with Gasteiger partial charge in [0.1, 0.15) is 5.69 Å². The number of hydrogen-bond donors (Lipinski definition) is 1. The molecule has 2 N–H and O–H groups in total. The molecule has 2 aromatic heterocycles. The van der Waals surface area contributed by atoms with E-state index < -0.39 is 0 Å². The van der Waals surface area contributed by atoms with Gasteiger partial charge in [-0.2, -0.15) is 4.52 Å². The van der Waals surface area contributed by atoms with Crippen LogP contribution >= 0.6 is 34.5 Å². The highest BCUT2D eigenvalue weighted by molar-refractivity contribution is 7.20. The Morgan fingerprint density at radius 1 is 1.27 bits per heavy atom. The lowest BCUT2D eigenvalue weighted by atomic mass is 9.78. The van der Waals surface area contributed by atoms with E-state index in [0.717, 1.165) is 28.7 Å². The van der Waals surface area contributed by atoms with Gasteiger partial charge in [0, 0.05) is 18.7 Å². The van der Waals surface area contributed by atoms with E-state index in [9.17, 15) is 0 Å². The Balaban J connectivity index is 1.65. The second-order valence-electron chi connectivity index (χ2n) is 7.18. The lowest BCUT2D eigenvalue weighted by molar-refractivity contribution is 0.238. The number of nitrogen functional groups attached to an aromatic ring is 1. The van der Waals surface area contributed by atoms with Crippen LogP contribution in [0.2, 0.25) is 10.0 Å². The Kier molecular flexibility index (Phi) is 4.53. The molecule has 0 amide bonds. The molecular weight excluding hydrogens is 389 g/mol. The first-order chi connectivity index (χ1) is 12.4. The molecule has 1 aliphatic rings. The van der Waals surface area contributed by atoms with Crippen molar-refractivity contribution in [2.45, 2.75) is 33.1 Å². The SMILES string of the molecule is CCC1(C)CCN(c2nn3c(N)c(-c4cccc(Cl)c4Cl)nc3s2)CC1. The number of halogens is 2. The average Bonchev–Trinajstić information content (AvgIpc) is 3.18. The van der Waals surface area contributed by atoms with Gasteiger partial charge in [-0.25, -0.2) is 4.98 Å². The van der Waals surface area contributed by atoms with Gasteiger partial charge in [-0.05, 0) is 24.3 Å². The number of anilines is 2. The van der Waals surface area contributed by atoms with Gasteiger partial charge >= 0.3 is 0 Å². The standard InChI is InChI=1S/C18H21Cl2N5S/c1-3-18(2)7-9-24(10-8-18)17-23-25-15(21)14(22-16(25)26-17)11-5-4-6-12(19)13(11)20/h4-6H,3,7-10,21H2,1-2H3. The van der Waals surface area contributed by atoms with E-state index in [4.69, 9.17) is 34.0 Å². The normalized spacial score (nSPS) is 17.2. The highest BCUT2D eigenvalue weighted by Crippen LogP contribution is 2.39. The lowest BCUT2D eigenvalue weighted by Crippen LogP contribution is -2.38. The number of fused-ring (bicyclic) bond motifs is 1. The third-order valence-electron chi connectivity index (χ3n) is 5.53. The second-order valence-corrected chi connectivity index (χ2v) is 8.90. The van der Waals surface area contributed by atoms with Crippen molar-refractivity contribution in [3.05, 3.63) is 28.2 Å². The van der Waals surface area contributed by atoms with Gasteiger partial charge in [-0.3, -0.25) is 0 Å². The van der Waals surface area contributed by atoms with Crippen molar-refractivity contribution in [1.82, 2.24) is 14.6 Å². The first kappa shape index (κ1) is 17.9. The van der Waals surface area contributed by atoms with E-state index in [2.05, 4.69) is 23.7 Å². The minimum atomic E-state index is 0.448. The van der Waals surface area contributed by atoms with Crippen LogP contribution < -0.4 is 10.6 Å². The van der Waals surface area contributed by atoms with E-state index >= 15 is 0 Å². The van der Waals surface area contributed by atoms with Crippen molar-refractivity contribution >= 4 is 50.4 Å². The molecular formula is C18H21Cl2N5S. The van der Waals surface area contributed by atoms with Crippen LogP contribution in [-0.2, 0) is 0 Å². The zero-order chi connectivity index (χ0) is 18.5. The van der Waals surface area contributed by atoms with E-state index in [-0.39, 0.29) is 0 Å². The third kappa shape index (κ3) is 2.94. The van der Waals surface area contributed by atoms with Crippen LogP contribution in [0.5, 0.6) is 0 Å². The predicted molar refractivity (Wildman–Crippen MR) is 111 cm³/mol. The molecule has 0 atom stereocenters. The maximum Gasteiger partial charge on any atom is 0.216 e. The molecule has 3 aromatic rings. The van der Waals surface area contributed by atoms with Crippen LogP contribution in [0.1, 0.15) is 33.1 Å². The van der Waals surface area contributed by atoms with Gasteiger partial charge in [0.2, 0.25) is 10.1 Å². The quantitative estimate of drug-likeness (QED) is 0.631. The van der Waals surface area contributed by atoms with Gasteiger partial charge in [-0.15, -0.1) is 5.10 Å². The summed E-state index contributed by atoms with van der Waals surface area (Å²) in [4.78, 5) is 7.78. The van der Waals surface area contributed by atoms with Gasteiger partial charge in [0.25, 0.3) is 0 Å². The lowest BCUT2D eigenvalue weighted by Gasteiger charge is -2.38. The molecule has 1 aliphatic heterocycles. The van der Waals surface area contributed by atoms with Crippen LogP contribution in [0.25, 0.3) is 16.2 Å². The molecule has 0 saturated carbocycles. The van der Waals surface area contributed by atoms with Crippen LogP contribution in [-0.4, -0.2) is 27.7 Å². The molecule has 0 radical (unpaired) electrons. The summed E-state index contributed by atoms with van der Waals surface area (Å²) >= 11 is 14.0. The molecule has 26 heavy (non-hydrogen) atoms. The minimum absolute atomic E-state index is 0.448. The largest absolute Gasteiger partial charge is 0.382 e. The third-order valence-corrected chi connectivity index (χ3v) is 7.32. The Morgan fingerprint density at radius 3 is 2.65 bits per heavy atom. The summed E-state index contributed by atoms with van der Waals surface area (Å²) in [6.07, 6.45) is 3.59. The zero-order valence-electron chi connectivity index (χ0n) is 14.8. The molecule has 8 heteroatoms. The summed E-state index contributed by atoms with van der Waals surface area (Å²) in [7, 11) is 0. The van der Waals surface area contributed by atoms with Crippen molar-refractivity contribution in [2.75, 3.05) is 23.7 Å². The first-order valence-corrected chi connectivity index (χ1v) is 10.3. The van der Waals surface area contributed by atoms with Gasteiger partial charge in [0.05, 0.1) is 10.0 Å². The Labute approximate surface area is 166 Å². The molecule has 3 heterocycles. The summed E-state index contributed by atoms with van der Waals surface area (Å²) in [6, 6.07) is 5.46. The molecule has 1 saturated heterocycles. The molecule has 0 spiro atoms. The molecule has 138 valence electrons. The fourth-order valence-corrected chi connectivity index (χ4v) is 4.71. The molecule has 0 unspecified atom stereocenters. The zero-order valence-corrected chi connectivity index (χ0v) is 17.1. The summed E-state index contributed by atoms with van der Waals surface area (Å²) in [5.74, 6) is 0.488. The van der Waals surface area contributed by atoms with E-state index in [0.29, 0.717) is 27.0 Å². The summed E-state index contributed by atoms with van der Waals surface area (Å²) in [6.45, 7) is 6.69. The number of rotatable bonds is 3. The molecule has 5 nitrogen and oxygen atoms in total. The van der Waals surface area contributed by atoms with E-state index in [1.54, 1.807) is 21.9 Å². The molecule has 4 rings (SSSR count). The number of benzene rings is 1. The first-order valence-electron chi connectivity index (χ1n) is 8.76. The summed E-state index contributed by atoms with van der Waals surface area (Å²) < 4.78 is 1.71. The molecule has 0 aliphatic carbocycles. The topological polar surface area (TPSA) is 59.5 Å². The van der Waals surface area contributed by atoms with Gasteiger partial charge < -0.3 is 10.6 Å². The van der Waals surface area contributed by atoms with Crippen molar-refractivity contribution in [2.24, 2.45) is 5.41 Å². The van der Waals surface area contributed by atoms with Crippen molar-refractivity contribution in [3.8, 4) is 11.3 Å². The fraction of sp³-hybridized carbons (Fsp3) is 0.444. The van der Waals surface area contributed by atoms with Crippen molar-refractivity contribution < 1.29 is 0 Å². The summed E-state index contributed by atoms with van der Waals surface area (Å²) in [5, 5.41) is 6.63.